The van der Waals surface area contributed by atoms with E-state index in [0.29, 0.717) is 6.42 Å². The van der Waals surface area contributed by atoms with Crippen LogP contribution in [0.4, 0.5) is 0 Å². The Kier molecular flexibility index (Phi) is 2.44. The van der Waals surface area contributed by atoms with Crippen molar-refractivity contribution in [2.45, 2.75) is 32.0 Å². The lowest BCUT2D eigenvalue weighted by Crippen LogP contribution is -2.36. The molecule has 2 unspecified atom stereocenters. The number of hydrogen-bond acceptors (Lipinski definition) is 2. The predicted molar refractivity (Wildman–Crippen MR) is 32.3 cm³/mol. The summed E-state index contributed by atoms with van der Waals surface area (Å²) in [6.07, 6.45) is -0.356. The zero-order valence-electron chi connectivity index (χ0n) is 5.39. The van der Waals surface area contributed by atoms with Gasteiger partial charge in [-0.15, -0.1) is 0 Å². The van der Waals surface area contributed by atoms with Gasteiger partial charge in [-0.2, -0.15) is 0 Å². The van der Waals surface area contributed by atoms with Crippen molar-refractivity contribution in [3.05, 3.63) is 6.92 Å². The standard InChI is InChI=1S/C6H13O2/c1-4-6(3,8)5(2)7/h5,7-8H,2,4H2,1,3H3. The average Bonchev–Trinajstić information content (AvgIpc) is 1.67. The molecule has 0 aliphatic rings. The lowest BCUT2D eigenvalue weighted by molar-refractivity contribution is -0.0414. The molecule has 0 rings (SSSR count). The molecule has 8 heavy (non-hydrogen) atoms. The molecule has 1 radical (unpaired) electrons. The maximum Gasteiger partial charge on any atom is 0.0874 e. The molecule has 0 aliphatic carbocycles. The molecular formula is C6H13O2. The summed E-state index contributed by atoms with van der Waals surface area (Å²) in [5.41, 5.74) is -1.01. The Labute approximate surface area is 50.2 Å². The molecule has 2 nitrogen and oxygen atoms in total. The third-order valence-corrected chi connectivity index (χ3v) is 1.43. The Morgan fingerprint density at radius 3 is 2.12 bits per heavy atom. The molecule has 2 N–H and O–H groups in total. The third kappa shape index (κ3) is 1.80. The first-order valence-electron chi connectivity index (χ1n) is 2.74. The van der Waals surface area contributed by atoms with Gasteiger partial charge in [0.15, 0.2) is 0 Å². The van der Waals surface area contributed by atoms with Crippen LogP contribution in [0.2, 0.25) is 0 Å². The van der Waals surface area contributed by atoms with Gasteiger partial charge in [0, 0.05) is 0 Å². The predicted octanol–water partition coefficient (Wildman–Crippen LogP) is 0.342. The average molecular weight is 117 g/mol. The lowest BCUT2D eigenvalue weighted by Gasteiger charge is -2.23. The number of aliphatic hydroxyl groups excluding tert-OH is 1. The van der Waals surface area contributed by atoms with E-state index in [1.54, 1.807) is 13.8 Å². The van der Waals surface area contributed by atoms with Gasteiger partial charge in [-0.3, -0.25) is 0 Å². The first-order chi connectivity index (χ1) is 3.50. The van der Waals surface area contributed by atoms with E-state index in [4.69, 9.17) is 10.2 Å². The highest BCUT2D eigenvalue weighted by Crippen LogP contribution is 2.12. The molecular weight excluding hydrogens is 104 g/mol. The molecule has 0 aromatic carbocycles. The summed E-state index contributed by atoms with van der Waals surface area (Å²) < 4.78 is 0. The van der Waals surface area contributed by atoms with Crippen molar-refractivity contribution < 1.29 is 10.2 Å². The summed E-state index contributed by atoms with van der Waals surface area (Å²) in [5, 5.41) is 17.8. The van der Waals surface area contributed by atoms with Gasteiger partial charge in [-0.25, -0.2) is 0 Å². The van der Waals surface area contributed by atoms with Crippen LogP contribution in [-0.2, 0) is 0 Å². The fourth-order valence-corrected chi connectivity index (χ4v) is 0.236. The highest BCUT2D eigenvalue weighted by atomic mass is 16.3. The zero-order valence-corrected chi connectivity index (χ0v) is 5.39. The van der Waals surface area contributed by atoms with Gasteiger partial charge in [0.2, 0.25) is 0 Å². The number of rotatable bonds is 2. The van der Waals surface area contributed by atoms with Crippen LogP contribution in [0.3, 0.4) is 0 Å². The minimum atomic E-state index is -1.01. The van der Waals surface area contributed by atoms with Crippen LogP contribution >= 0.6 is 0 Å². The highest BCUT2D eigenvalue weighted by molar-refractivity contribution is 4.81. The van der Waals surface area contributed by atoms with E-state index in [1.165, 1.54) is 0 Å². The monoisotopic (exact) mass is 117 g/mol. The number of aliphatic hydroxyl groups is 2. The van der Waals surface area contributed by atoms with Gasteiger partial charge < -0.3 is 10.2 Å². The minimum Gasteiger partial charge on any atom is -0.390 e. The van der Waals surface area contributed by atoms with Gasteiger partial charge in [0.1, 0.15) is 0 Å². The maximum absolute atomic E-state index is 9.09. The second-order valence-electron chi connectivity index (χ2n) is 2.23. The molecule has 0 saturated heterocycles. The van der Waals surface area contributed by atoms with Crippen LogP contribution in [0.25, 0.3) is 0 Å². The topological polar surface area (TPSA) is 40.5 Å². The number of hydrogen-bond donors (Lipinski definition) is 2. The van der Waals surface area contributed by atoms with E-state index >= 15 is 0 Å². The second-order valence-corrected chi connectivity index (χ2v) is 2.23. The quantitative estimate of drug-likeness (QED) is 0.547. The van der Waals surface area contributed by atoms with Crippen LogP contribution in [0.15, 0.2) is 0 Å². The SMILES string of the molecule is [CH2]C(O)C(C)(O)CC. The van der Waals surface area contributed by atoms with Crippen molar-refractivity contribution in [3.63, 3.8) is 0 Å². The first-order valence-corrected chi connectivity index (χ1v) is 2.74. The van der Waals surface area contributed by atoms with Crippen LogP contribution < -0.4 is 0 Å². The van der Waals surface area contributed by atoms with Crippen LogP contribution in [-0.4, -0.2) is 21.9 Å². The Hall–Kier alpha value is -0.0800. The van der Waals surface area contributed by atoms with Crippen LogP contribution in [0.5, 0.6) is 0 Å². The van der Waals surface area contributed by atoms with Crippen LogP contribution in [0.1, 0.15) is 20.3 Å². The van der Waals surface area contributed by atoms with E-state index in [0.717, 1.165) is 0 Å². The largest absolute Gasteiger partial charge is 0.390 e. The summed E-state index contributed by atoms with van der Waals surface area (Å²) in [5.74, 6) is 0. The fraction of sp³-hybridized carbons (Fsp3) is 0.833. The van der Waals surface area contributed by atoms with Crippen molar-refractivity contribution in [2.75, 3.05) is 0 Å². The third-order valence-electron chi connectivity index (χ3n) is 1.43. The second kappa shape index (κ2) is 2.46. The van der Waals surface area contributed by atoms with Gasteiger partial charge >= 0.3 is 0 Å². The van der Waals surface area contributed by atoms with Gasteiger partial charge in [0.25, 0.3) is 0 Å². The summed E-state index contributed by atoms with van der Waals surface area (Å²) in [7, 11) is 0. The molecule has 0 bridgehead atoms. The summed E-state index contributed by atoms with van der Waals surface area (Å²) in [4.78, 5) is 0. The molecule has 0 aromatic heterocycles. The molecule has 0 aromatic rings. The van der Waals surface area contributed by atoms with Gasteiger partial charge in [0.05, 0.1) is 11.7 Å². The smallest absolute Gasteiger partial charge is 0.0874 e. The molecule has 0 heterocycles. The molecule has 0 saturated carbocycles. The van der Waals surface area contributed by atoms with Crippen molar-refractivity contribution in [2.24, 2.45) is 0 Å². The normalized spacial score (nSPS) is 22.1. The molecule has 0 amide bonds. The molecule has 2 atom stereocenters. The van der Waals surface area contributed by atoms with E-state index in [1.807, 2.05) is 0 Å². The van der Waals surface area contributed by atoms with Crippen molar-refractivity contribution >= 4 is 0 Å². The van der Waals surface area contributed by atoms with E-state index < -0.39 is 11.7 Å². The summed E-state index contributed by atoms with van der Waals surface area (Å²) in [6, 6.07) is 0. The molecule has 2 heteroatoms. The Bertz CT molecular complexity index is 66.9. The summed E-state index contributed by atoms with van der Waals surface area (Å²) >= 11 is 0. The Morgan fingerprint density at radius 2 is 2.12 bits per heavy atom. The zero-order chi connectivity index (χ0) is 6.78. The summed E-state index contributed by atoms with van der Waals surface area (Å²) in [6.45, 7) is 6.65. The molecule has 0 fully saturated rings. The van der Waals surface area contributed by atoms with Gasteiger partial charge in [-0.1, -0.05) is 6.92 Å². The molecule has 49 valence electrons. The fourth-order valence-electron chi connectivity index (χ4n) is 0.236. The molecule has 0 aliphatic heterocycles. The van der Waals surface area contributed by atoms with Crippen LogP contribution in [0, 0.1) is 6.92 Å². The van der Waals surface area contributed by atoms with E-state index in [2.05, 4.69) is 6.92 Å². The molecule has 0 spiro atoms. The Morgan fingerprint density at radius 1 is 1.75 bits per heavy atom. The van der Waals surface area contributed by atoms with Crippen molar-refractivity contribution in [1.29, 1.82) is 0 Å². The minimum absolute atomic E-state index is 0.525. The Balaban J connectivity index is 3.71. The lowest BCUT2D eigenvalue weighted by atomic mass is 9.98. The van der Waals surface area contributed by atoms with Crippen molar-refractivity contribution in [1.82, 2.24) is 0 Å². The highest BCUT2D eigenvalue weighted by Gasteiger charge is 2.23. The maximum atomic E-state index is 9.09. The van der Waals surface area contributed by atoms with Crippen molar-refractivity contribution in [3.8, 4) is 0 Å². The first kappa shape index (κ1) is 7.92. The van der Waals surface area contributed by atoms with E-state index in [-0.39, 0.29) is 0 Å². The van der Waals surface area contributed by atoms with Gasteiger partial charge in [-0.05, 0) is 20.3 Å². The van der Waals surface area contributed by atoms with E-state index in [9.17, 15) is 0 Å².